The zero-order chi connectivity index (χ0) is 17.3. The van der Waals surface area contributed by atoms with E-state index >= 15 is 0 Å². The molecular weight excluding hydrogens is 290 g/mol. The summed E-state index contributed by atoms with van der Waals surface area (Å²) in [4.78, 5) is 11.5. The van der Waals surface area contributed by atoms with Gasteiger partial charge in [0.1, 0.15) is 18.0 Å². The summed E-state index contributed by atoms with van der Waals surface area (Å²) in [7, 11) is 0. The second-order valence-electron chi connectivity index (χ2n) is 6.70. The molecule has 1 aromatic rings. The maximum Gasteiger partial charge on any atom is 0.407 e. The van der Waals surface area contributed by atoms with Gasteiger partial charge in [-0.15, -0.1) is 0 Å². The number of ether oxygens (including phenoxy) is 2. The number of hydrogen-bond acceptors (Lipinski definition) is 3. The molecule has 0 fully saturated rings. The molecule has 0 saturated carbocycles. The van der Waals surface area contributed by atoms with Crippen LogP contribution in [0.3, 0.4) is 0 Å². The topological polar surface area (TPSA) is 47.6 Å². The first-order valence-corrected chi connectivity index (χ1v) is 7.95. The molecule has 4 nitrogen and oxygen atoms in total. The molecule has 0 unspecified atom stereocenters. The zero-order valence-corrected chi connectivity index (χ0v) is 14.7. The minimum absolute atomic E-state index is 0.377. The lowest BCUT2D eigenvalue weighted by Crippen LogP contribution is -2.34. The molecule has 1 amide bonds. The van der Waals surface area contributed by atoms with Gasteiger partial charge >= 0.3 is 6.09 Å². The van der Waals surface area contributed by atoms with Crippen LogP contribution in [0.1, 0.15) is 46.6 Å². The first kappa shape index (κ1) is 18.9. The van der Waals surface area contributed by atoms with Crippen molar-refractivity contribution in [2.45, 2.75) is 46.6 Å². The van der Waals surface area contributed by atoms with E-state index in [1.807, 2.05) is 45.0 Å². The first-order valence-electron chi connectivity index (χ1n) is 7.95. The largest absolute Gasteiger partial charge is 0.492 e. The Hall–Kier alpha value is -2.15. The molecule has 0 radical (unpaired) electrons. The standard InChI is InChI=1S/C19H27NO3/c1-15(2)8-6-9-16-10-7-11-17(14-16)22-13-12-20-18(21)23-19(3,4)5/h7,10-11,14-15H,8,12-13H2,1-5H3,(H,20,21). The van der Waals surface area contributed by atoms with Crippen molar-refractivity contribution < 1.29 is 14.3 Å². The van der Waals surface area contributed by atoms with Crippen molar-refractivity contribution in [2.75, 3.05) is 13.2 Å². The second kappa shape index (κ2) is 9.09. The van der Waals surface area contributed by atoms with Crippen LogP contribution in [0.2, 0.25) is 0 Å². The third kappa shape index (κ3) is 9.46. The fourth-order valence-electron chi connectivity index (χ4n) is 1.66. The van der Waals surface area contributed by atoms with Crippen molar-refractivity contribution in [3.63, 3.8) is 0 Å². The van der Waals surface area contributed by atoms with E-state index in [2.05, 4.69) is 31.0 Å². The zero-order valence-electron chi connectivity index (χ0n) is 14.7. The fourth-order valence-corrected chi connectivity index (χ4v) is 1.66. The molecule has 1 N–H and O–H groups in total. The number of amides is 1. The predicted octanol–water partition coefficient (Wildman–Crippen LogP) is 3.99. The van der Waals surface area contributed by atoms with Crippen molar-refractivity contribution in [2.24, 2.45) is 5.92 Å². The van der Waals surface area contributed by atoms with Crippen LogP contribution in [0.4, 0.5) is 4.79 Å². The lowest BCUT2D eigenvalue weighted by molar-refractivity contribution is 0.0520. The van der Waals surface area contributed by atoms with Crippen LogP contribution < -0.4 is 10.1 Å². The lowest BCUT2D eigenvalue weighted by atomic mass is 10.1. The van der Waals surface area contributed by atoms with Gasteiger partial charge in [-0.25, -0.2) is 4.79 Å². The van der Waals surface area contributed by atoms with Crippen LogP contribution >= 0.6 is 0 Å². The van der Waals surface area contributed by atoms with Gasteiger partial charge in [-0.2, -0.15) is 0 Å². The third-order valence-corrected chi connectivity index (χ3v) is 2.62. The van der Waals surface area contributed by atoms with E-state index < -0.39 is 11.7 Å². The van der Waals surface area contributed by atoms with Crippen LogP contribution in [-0.4, -0.2) is 24.8 Å². The minimum Gasteiger partial charge on any atom is -0.492 e. The normalized spacial score (nSPS) is 10.7. The third-order valence-electron chi connectivity index (χ3n) is 2.62. The molecule has 0 aromatic heterocycles. The van der Waals surface area contributed by atoms with Gasteiger partial charge in [0.15, 0.2) is 0 Å². The first-order chi connectivity index (χ1) is 10.8. The Balaban J connectivity index is 2.38. The molecule has 1 rings (SSSR count). The molecule has 0 aliphatic rings. The summed E-state index contributed by atoms with van der Waals surface area (Å²) >= 11 is 0. The number of alkyl carbamates (subject to hydrolysis) is 1. The Kier molecular flexibility index (Phi) is 7.47. The molecule has 4 heteroatoms. The summed E-state index contributed by atoms with van der Waals surface area (Å²) in [5, 5.41) is 2.66. The lowest BCUT2D eigenvalue weighted by Gasteiger charge is -2.19. The van der Waals surface area contributed by atoms with Gasteiger partial charge in [0.2, 0.25) is 0 Å². The Labute approximate surface area is 139 Å². The molecule has 0 atom stereocenters. The number of rotatable bonds is 5. The fraction of sp³-hybridized carbons (Fsp3) is 0.526. The maximum absolute atomic E-state index is 11.5. The van der Waals surface area contributed by atoms with E-state index in [1.165, 1.54) is 0 Å². The van der Waals surface area contributed by atoms with Crippen molar-refractivity contribution in [3.8, 4) is 17.6 Å². The molecule has 0 bridgehead atoms. The van der Waals surface area contributed by atoms with Gasteiger partial charge in [-0.3, -0.25) is 0 Å². The van der Waals surface area contributed by atoms with Gasteiger partial charge in [0.05, 0.1) is 6.54 Å². The number of carbonyl (C=O) groups is 1. The molecule has 126 valence electrons. The highest BCUT2D eigenvalue weighted by Crippen LogP contribution is 2.12. The van der Waals surface area contributed by atoms with Crippen molar-refractivity contribution in [3.05, 3.63) is 29.8 Å². The van der Waals surface area contributed by atoms with Gasteiger partial charge in [0.25, 0.3) is 0 Å². The summed E-state index contributed by atoms with van der Waals surface area (Å²) in [5.74, 6) is 7.60. The molecule has 0 spiro atoms. The van der Waals surface area contributed by atoms with Crippen LogP contribution in [0, 0.1) is 17.8 Å². The highest BCUT2D eigenvalue weighted by molar-refractivity contribution is 5.67. The molecule has 0 heterocycles. The summed E-state index contributed by atoms with van der Waals surface area (Å²) in [6.45, 7) is 10.5. The van der Waals surface area contributed by atoms with Gasteiger partial charge in [0, 0.05) is 12.0 Å². The smallest absolute Gasteiger partial charge is 0.407 e. The summed E-state index contributed by atoms with van der Waals surface area (Å²) in [6, 6.07) is 7.65. The van der Waals surface area contributed by atoms with Crippen molar-refractivity contribution in [1.29, 1.82) is 0 Å². The van der Waals surface area contributed by atoms with E-state index in [9.17, 15) is 4.79 Å². The van der Waals surface area contributed by atoms with Gasteiger partial charge < -0.3 is 14.8 Å². The van der Waals surface area contributed by atoms with Crippen LogP contribution in [0.25, 0.3) is 0 Å². The molecule has 1 aromatic carbocycles. The molecule has 0 aliphatic carbocycles. The second-order valence-corrected chi connectivity index (χ2v) is 6.70. The minimum atomic E-state index is -0.492. The van der Waals surface area contributed by atoms with E-state index in [1.54, 1.807) is 0 Å². The summed E-state index contributed by atoms with van der Waals surface area (Å²) in [6.07, 6.45) is 0.444. The maximum atomic E-state index is 11.5. The Morgan fingerprint density at radius 2 is 2.04 bits per heavy atom. The van der Waals surface area contributed by atoms with Crippen LogP contribution in [0.15, 0.2) is 24.3 Å². The van der Waals surface area contributed by atoms with Crippen molar-refractivity contribution >= 4 is 6.09 Å². The molecule has 0 saturated heterocycles. The number of benzene rings is 1. The van der Waals surface area contributed by atoms with Crippen molar-refractivity contribution in [1.82, 2.24) is 5.32 Å². The Morgan fingerprint density at radius 1 is 1.30 bits per heavy atom. The van der Waals surface area contributed by atoms with Crippen LogP contribution in [0.5, 0.6) is 5.75 Å². The average molecular weight is 317 g/mol. The number of carbonyl (C=O) groups excluding carboxylic acids is 1. The molecular formula is C19H27NO3. The summed E-state index contributed by atoms with van der Waals surface area (Å²) < 4.78 is 10.8. The number of nitrogens with one attached hydrogen (secondary N) is 1. The Bertz CT molecular complexity index is 562. The van der Waals surface area contributed by atoms with Crippen LogP contribution in [-0.2, 0) is 4.74 Å². The van der Waals surface area contributed by atoms with E-state index in [0.29, 0.717) is 19.1 Å². The average Bonchev–Trinajstić information content (AvgIpc) is 2.42. The van der Waals surface area contributed by atoms with E-state index in [0.717, 1.165) is 17.7 Å². The van der Waals surface area contributed by atoms with E-state index in [4.69, 9.17) is 9.47 Å². The van der Waals surface area contributed by atoms with Gasteiger partial charge in [-0.1, -0.05) is 31.8 Å². The Morgan fingerprint density at radius 3 is 2.70 bits per heavy atom. The summed E-state index contributed by atoms with van der Waals surface area (Å²) in [5.41, 5.74) is 0.441. The van der Waals surface area contributed by atoms with Gasteiger partial charge in [-0.05, 0) is 44.9 Å². The highest BCUT2D eigenvalue weighted by atomic mass is 16.6. The number of hydrogen-bond donors (Lipinski definition) is 1. The van der Waals surface area contributed by atoms with E-state index in [-0.39, 0.29) is 0 Å². The molecule has 23 heavy (non-hydrogen) atoms. The SMILES string of the molecule is CC(C)CC#Cc1cccc(OCCNC(=O)OC(C)(C)C)c1. The monoisotopic (exact) mass is 317 g/mol. The quantitative estimate of drug-likeness (QED) is 0.660. The molecule has 0 aliphatic heterocycles. The highest BCUT2D eigenvalue weighted by Gasteiger charge is 2.15. The predicted molar refractivity (Wildman–Crippen MR) is 92.5 cm³/mol.